The van der Waals surface area contributed by atoms with E-state index in [1.54, 1.807) is 0 Å². The van der Waals surface area contributed by atoms with Crippen LogP contribution in [0.4, 0.5) is 0 Å². The Morgan fingerprint density at radius 1 is 1.10 bits per heavy atom. The van der Waals surface area contributed by atoms with Crippen LogP contribution in [0.2, 0.25) is 0 Å². The zero-order valence-electron chi connectivity index (χ0n) is 18.3. The van der Waals surface area contributed by atoms with Crippen molar-refractivity contribution in [3.8, 4) is 6.07 Å². The van der Waals surface area contributed by atoms with E-state index in [9.17, 15) is 10.1 Å². The third-order valence-electron chi connectivity index (χ3n) is 9.83. The standard InChI is InChI=1S/C24H37ClN2O2/c1-23-10-8-17(29-22(28)15-25)14-16(23)4-5-18-19-6-7-21(27(3)13-12-26)24(19,2)11-9-20(18)23/h16-21H,4-11,13-15H2,1-3H3/t16-,17+,18-,19+,20+,21+,23-,24-/m0/s1. The summed E-state index contributed by atoms with van der Waals surface area (Å²) in [6.07, 6.45) is 11.1. The number of rotatable bonds is 4. The number of ether oxygens (including phenoxy) is 1. The minimum atomic E-state index is -0.263. The zero-order chi connectivity index (χ0) is 20.8. The molecule has 4 rings (SSSR count). The van der Waals surface area contributed by atoms with Crippen molar-refractivity contribution in [3.63, 3.8) is 0 Å². The quantitative estimate of drug-likeness (QED) is 0.364. The molecule has 0 aromatic rings. The van der Waals surface area contributed by atoms with E-state index >= 15 is 0 Å². The third kappa shape index (κ3) is 3.51. The first-order chi connectivity index (χ1) is 13.8. The summed E-state index contributed by atoms with van der Waals surface area (Å²) in [5.74, 6) is 2.82. The van der Waals surface area contributed by atoms with Gasteiger partial charge in [-0.25, -0.2) is 0 Å². The SMILES string of the molecule is CN(CC#N)[C@@H]1CC[C@@H]2[C@@H]3CC[C@H]4C[C@H](OC(=O)CCl)CC[C@]4(C)[C@@H]3CC[C@@]21C. The van der Waals surface area contributed by atoms with Crippen molar-refractivity contribution in [1.82, 2.24) is 4.90 Å². The van der Waals surface area contributed by atoms with Gasteiger partial charge < -0.3 is 4.74 Å². The van der Waals surface area contributed by atoms with Crippen molar-refractivity contribution in [2.45, 2.75) is 83.8 Å². The van der Waals surface area contributed by atoms with Gasteiger partial charge in [-0.2, -0.15) is 5.26 Å². The van der Waals surface area contributed by atoms with Gasteiger partial charge in [0.2, 0.25) is 0 Å². The molecule has 0 radical (unpaired) electrons. The van der Waals surface area contributed by atoms with Crippen molar-refractivity contribution in [2.24, 2.45) is 34.5 Å². The number of carbonyl (C=O) groups is 1. The molecule has 5 heteroatoms. The Morgan fingerprint density at radius 3 is 2.55 bits per heavy atom. The fraction of sp³-hybridized carbons (Fsp3) is 0.917. The van der Waals surface area contributed by atoms with E-state index in [-0.39, 0.29) is 18.0 Å². The smallest absolute Gasteiger partial charge is 0.321 e. The number of hydrogen-bond donors (Lipinski definition) is 0. The topological polar surface area (TPSA) is 53.3 Å². The van der Waals surface area contributed by atoms with Crippen molar-refractivity contribution >= 4 is 17.6 Å². The summed E-state index contributed by atoms with van der Waals surface area (Å²) >= 11 is 5.65. The summed E-state index contributed by atoms with van der Waals surface area (Å²) in [6, 6.07) is 2.92. The number of nitrogens with zero attached hydrogens (tertiary/aromatic N) is 2. The molecule has 8 atom stereocenters. The number of hydrogen-bond acceptors (Lipinski definition) is 4. The van der Waals surface area contributed by atoms with Gasteiger partial charge in [0, 0.05) is 6.04 Å². The first kappa shape index (κ1) is 21.4. The van der Waals surface area contributed by atoms with Crippen molar-refractivity contribution < 1.29 is 9.53 Å². The molecular weight excluding hydrogens is 384 g/mol. The second-order valence-corrected chi connectivity index (χ2v) is 11.2. The van der Waals surface area contributed by atoms with Gasteiger partial charge in [-0.15, -0.1) is 11.6 Å². The van der Waals surface area contributed by atoms with Crippen LogP contribution >= 0.6 is 11.6 Å². The predicted molar refractivity (Wildman–Crippen MR) is 114 cm³/mol. The van der Waals surface area contributed by atoms with E-state index in [1.165, 1.54) is 44.9 Å². The molecule has 4 fully saturated rings. The molecule has 0 N–H and O–H groups in total. The Balaban J connectivity index is 1.49. The summed E-state index contributed by atoms with van der Waals surface area (Å²) in [7, 11) is 2.15. The molecule has 0 amide bonds. The average molecular weight is 421 g/mol. The number of fused-ring (bicyclic) bond motifs is 5. The third-order valence-corrected chi connectivity index (χ3v) is 10.0. The Labute approximate surface area is 181 Å². The number of alkyl halides is 1. The molecule has 0 unspecified atom stereocenters. The van der Waals surface area contributed by atoms with Gasteiger partial charge in [-0.1, -0.05) is 13.8 Å². The van der Waals surface area contributed by atoms with Gasteiger partial charge in [0.1, 0.15) is 12.0 Å². The molecule has 162 valence electrons. The second kappa shape index (κ2) is 8.04. The first-order valence-electron chi connectivity index (χ1n) is 11.7. The Hall–Kier alpha value is -0.790. The molecule has 0 spiro atoms. The summed E-state index contributed by atoms with van der Waals surface area (Å²) in [5, 5.41) is 9.19. The molecule has 0 saturated heterocycles. The Kier molecular flexibility index (Phi) is 5.95. The van der Waals surface area contributed by atoms with Crippen molar-refractivity contribution in [3.05, 3.63) is 0 Å². The number of carbonyl (C=O) groups excluding carboxylic acids is 1. The lowest BCUT2D eigenvalue weighted by Crippen LogP contribution is -2.56. The molecule has 4 nitrogen and oxygen atoms in total. The lowest BCUT2D eigenvalue weighted by atomic mass is 9.45. The number of esters is 1. The second-order valence-electron chi connectivity index (χ2n) is 10.9. The minimum absolute atomic E-state index is 0.0369. The van der Waals surface area contributed by atoms with E-state index in [0.29, 0.717) is 29.3 Å². The van der Waals surface area contributed by atoms with Crippen LogP contribution in [-0.4, -0.2) is 42.5 Å². The highest BCUT2D eigenvalue weighted by atomic mass is 35.5. The van der Waals surface area contributed by atoms with E-state index < -0.39 is 0 Å². The zero-order valence-corrected chi connectivity index (χ0v) is 19.1. The molecular formula is C24H37ClN2O2. The normalized spacial score (nSPS) is 46.3. The van der Waals surface area contributed by atoms with E-state index in [0.717, 1.165) is 30.6 Å². The fourth-order valence-corrected chi connectivity index (χ4v) is 8.52. The van der Waals surface area contributed by atoms with Crippen molar-refractivity contribution in [2.75, 3.05) is 19.5 Å². The maximum Gasteiger partial charge on any atom is 0.321 e. The lowest BCUT2D eigenvalue weighted by molar-refractivity contribution is -0.159. The van der Waals surface area contributed by atoms with Crippen LogP contribution in [0.15, 0.2) is 0 Å². The molecule has 4 saturated carbocycles. The highest BCUT2D eigenvalue weighted by Crippen LogP contribution is 2.66. The monoisotopic (exact) mass is 420 g/mol. The van der Waals surface area contributed by atoms with Gasteiger partial charge in [0.15, 0.2) is 0 Å². The largest absolute Gasteiger partial charge is 0.461 e. The maximum atomic E-state index is 11.7. The van der Waals surface area contributed by atoms with Crippen LogP contribution < -0.4 is 0 Å². The molecule has 29 heavy (non-hydrogen) atoms. The molecule has 0 aliphatic heterocycles. The summed E-state index contributed by atoms with van der Waals surface area (Å²) in [6.45, 7) is 5.62. The van der Waals surface area contributed by atoms with Gasteiger partial charge in [-0.3, -0.25) is 9.69 Å². The molecule has 0 heterocycles. The summed E-state index contributed by atoms with van der Waals surface area (Å²) in [4.78, 5) is 14.0. The molecule has 0 aromatic carbocycles. The van der Waals surface area contributed by atoms with E-state index in [4.69, 9.17) is 16.3 Å². The first-order valence-corrected chi connectivity index (χ1v) is 12.2. The molecule has 4 aliphatic rings. The van der Waals surface area contributed by atoms with Crippen LogP contribution in [0.3, 0.4) is 0 Å². The molecule has 0 aromatic heterocycles. The van der Waals surface area contributed by atoms with Crippen molar-refractivity contribution in [1.29, 1.82) is 5.26 Å². The summed E-state index contributed by atoms with van der Waals surface area (Å²) < 4.78 is 5.62. The molecule has 4 aliphatic carbocycles. The van der Waals surface area contributed by atoms with Crippen LogP contribution in [0.25, 0.3) is 0 Å². The van der Waals surface area contributed by atoms with Gasteiger partial charge in [0.05, 0.1) is 12.6 Å². The van der Waals surface area contributed by atoms with E-state index in [2.05, 4.69) is 31.9 Å². The van der Waals surface area contributed by atoms with Crippen LogP contribution in [-0.2, 0) is 9.53 Å². The van der Waals surface area contributed by atoms with E-state index in [1.807, 2.05) is 0 Å². The number of halogens is 1. The lowest BCUT2D eigenvalue weighted by Gasteiger charge is -2.61. The van der Waals surface area contributed by atoms with Gasteiger partial charge in [-0.05, 0) is 99.3 Å². The fourth-order valence-electron chi connectivity index (χ4n) is 8.46. The Morgan fingerprint density at radius 2 is 1.83 bits per heavy atom. The van der Waals surface area contributed by atoms with Gasteiger partial charge >= 0.3 is 5.97 Å². The number of nitriles is 1. The van der Waals surface area contributed by atoms with Crippen LogP contribution in [0.1, 0.15) is 71.6 Å². The highest BCUT2D eigenvalue weighted by Gasteiger charge is 2.60. The average Bonchev–Trinajstić information content (AvgIpc) is 3.05. The summed E-state index contributed by atoms with van der Waals surface area (Å²) in [5.41, 5.74) is 0.758. The molecule has 0 bridgehead atoms. The van der Waals surface area contributed by atoms with Crippen LogP contribution in [0.5, 0.6) is 0 Å². The maximum absolute atomic E-state index is 11.7. The van der Waals surface area contributed by atoms with Gasteiger partial charge in [0.25, 0.3) is 0 Å². The highest BCUT2D eigenvalue weighted by molar-refractivity contribution is 6.26. The van der Waals surface area contributed by atoms with Crippen LogP contribution in [0, 0.1) is 45.8 Å². The minimum Gasteiger partial charge on any atom is -0.461 e. The predicted octanol–water partition coefficient (Wildman–Crippen LogP) is 5.00. The Bertz CT molecular complexity index is 678.